The van der Waals surface area contributed by atoms with E-state index >= 15 is 0 Å². The van der Waals surface area contributed by atoms with E-state index in [4.69, 9.17) is 18.0 Å². The molecule has 1 aromatic carbocycles. The number of hydrogen-bond acceptors (Lipinski definition) is 3. The predicted molar refractivity (Wildman–Crippen MR) is 87.2 cm³/mol. The first-order valence-corrected chi connectivity index (χ1v) is 7.03. The van der Waals surface area contributed by atoms with Crippen molar-refractivity contribution in [3.8, 4) is 0 Å². The number of thiocarbonyl (C=S) groups is 1. The van der Waals surface area contributed by atoms with Crippen LogP contribution >= 0.6 is 12.2 Å². The highest BCUT2D eigenvalue weighted by Crippen LogP contribution is 2.08. The second kappa shape index (κ2) is 6.95. The zero-order valence-electron chi connectivity index (χ0n) is 11.8. The Hall–Kier alpha value is -2.27. The highest BCUT2D eigenvalue weighted by Gasteiger charge is 2.11. The third-order valence-corrected chi connectivity index (χ3v) is 3.48. The van der Waals surface area contributed by atoms with Gasteiger partial charge in [0.15, 0.2) is 0 Å². The lowest BCUT2D eigenvalue weighted by Crippen LogP contribution is -2.28. The van der Waals surface area contributed by atoms with Crippen LogP contribution in [0.2, 0.25) is 0 Å². The van der Waals surface area contributed by atoms with Crippen molar-refractivity contribution in [2.45, 2.75) is 6.42 Å². The smallest absolute Gasteiger partial charge is 0.253 e. The van der Waals surface area contributed by atoms with Crippen LogP contribution in [0.4, 0.5) is 0 Å². The number of benzene rings is 1. The number of carbonyl (C=O) groups excluding carboxylic acids is 1. The van der Waals surface area contributed by atoms with Crippen molar-refractivity contribution >= 4 is 23.1 Å². The Morgan fingerprint density at radius 3 is 2.29 bits per heavy atom. The lowest BCUT2D eigenvalue weighted by atomic mass is 10.1. The van der Waals surface area contributed by atoms with E-state index in [2.05, 4.69) is 4.98 Å². The average Bonchev–Trinajstić information content (AvgIpc) is 2.53. The van der Waals surface area contributed by atoms with Gasteiger partial charge in [0.1, 0.15) is 4.99 Å². The van der Waals surface area contributed by atoms with Crippen LogP contribution in [-0.2, 0) is 6.42 Å². The molecule has 0 bridgehead atoms. The zero-order valence-corrected chi connectivity index (χ0v) is 12.6. The maximum Gasteiger partial charge on any atom is 0.253 e. The summed E-state index contributed by atoms with van der Waals surface area (Å²) >= 11 is 4.90. The molecule has 0 saturated heterocycles. The second-order valence-electron chi connectivity index (χ2n) is 4.77. The van der Waals surface area contributed by atoms with Crippen molar-refractivity contribution in [3.05, 3.63) is 65.5 Å². The molecule has 0 aliphatic heterocycles. The molecular formula is C16H17N3OS. The molecule has 0 fully saturated rings. The fraction of sp³-hybridized carbons (Fsp3) is 0.188. The summed E-state index contributed by atoms with van der Waals surface area (Å²) in [4.78, 5) is 18.3. The lowest BCUT2D eigenvalue weighted by molar-refractivity contribution is 0.0796. The van der Waals surface area contributed by atoms with Crippen LogP contribution in [0.3, 0.4) is 0 Å². The number of hydrogen-bond donors (Lipinski definition) is 1. The SMILES string of the molecule is CN(CCc1ccncc1)C(=O)c1ccc(C(N)=S)cc1. The molecule has 2 N–H and O–H groups in total. The molecule has 1 amide bonds. The van der Waals surface area contributed by atoms with E-state index in [-0.39, 0.29) is 5.91 Å². The maximum absolute atomic E-state index is 12.3. The fourth-order valence-electron chi connectivity index (χ4n) is 1.95. The standard InChI is InChI=1S/C16H17N3OS/c1-19(11-8-12-6-9-18-10-7-12)16(20)14-4-2-13(3-5-14)15(17)21/h2-7,9-10H,8,11H2,1H3,(H2,17,21). The van der Waals surface area contributed by atoms with Crippen molar-refractivity contribution < 1.29 is 4.79 Å². The first kappa shape index (κ1) is 15.1. The summed E-state index contributed by atoms with van der Waals surface area (Å²) < 4.78 is 0. The van der Waals surface area contributed by atoms with Crippen molar-refractivity contribution in [1.29, 1.82) is 0 Å². The topological polar surface area (TPSA) is 59.2 Å². The number of nitrogens with two attached hydrogens (primary N) is 1. The van der Waals surface area contributed by atoms with Crippen molar-refractivity contribution in [1.82, 2.24) is 9.88 Å². The van der Waals surface area contributed by atoms with Gasteiger partial charge in [0.25, 0.3) is 5.91 Å². The summed E-state index contributed by atoms with van der Waals surface area (Å²) in [5.74, 6) is -0.0152. The van der Waals surface area contributed by atoms with Gasteiger partial charge in [-0.3, -0.25) is 9.78 Å². The van der Waals surface area contributed by atoms with Gasteiger partial charge in [-0.2, -0.15) is 0 Å². The summed E-state index contributed by atoms with van der Waals surface area (Å²) in [6.45, 7) is 0.653. The predicted octanol–water partition coefficient (Wildman–Crippen LogP) is 2.03. The van der Waals surface area contributed by atoms with Crippen LogP contribution in [0.15, 0.2) is 48.8 Å². The third kappa shape index (κ3) is 4.10. The van der Waals surface area contributed by atoms with Crippen LogP contribution in [0.5, 0.6) is 0 Å². The minimum atomic E-state index is -0.0152. The number of pyridine rings is 1. The Morgan fingerprint density at radius 1 is 1.14 bits per heavy atom. The molecule has 2 aromatic rings. The molecular weight excluding hydrogens is 282 g/mol. The van der Waals surface area contributed by atoms with E-state index in [1.165, 1.54) is 0 Å². The number of amides is 1. The largest absolute Gasteiger partial charge is 0.389 e. The Morgan fingerprint density at radius 2 is 1.71 bits per heavy atom. The molecule has 0 unspecified atom stereocenters. The van der Waals surface area contributed by atoms with Gasteiger partial charge in [-0.15, -0.1) is 0 Å². The molecule has 0 radical (unpaired) electrons. The zero-order chi connectivity index (χ0) is 15.2. The monoisotopic (exact) mass is 299 g/mol. The van der Waals surface area contributed by atoms with Crippen LogP contribution in [0.25, 0.3) is 0 Å². The molecule has 4 nitrogen and oxygen atoms in total. The minimum Gasteiger partial charge on any atom is -0.389 e. The van der Waals surface area contributed by atoms with Gasteiger partial charge >= 0.3 is 0 Å². The van der Waals surface area contributed by atoms with E-state index in [9.17, 15) is 4.79 Å². The van der Waals surface area contributed by atoms with Gasteiger partial charge in [0.2, 0.25) is 0 Å². The molecule has 108 valence electrons. The number of likely N-dealkylation sites (N-methyl/N-ethyl adjacent to an activating group) is 1. The molecule has 1 heterocycles. The first-order chi connectivity index (χ1) is 10.1. The molecule has 5 heteroatoms. The fourth-order valence-corrected chi connectivity index (χ4v) is 2.08. The third-order valence-electron chi connectivity index (χ3n) is 3.25. The lowest BCUT2D eigenvalue weighted by Gasteiger charge is -2.17. The van der Waals surface area contributed by atoms with E-state index in [1.54, 1.807) is 48.6 Å². The van der Waals surface area contributed by atoms with Crippen LogP contribution in [-0.4, -0.2) is 34.4 Å². The van der Waals surface area contributed by atoms with E-state index < -0.39 is 0 Å². The van der Waals surface area contributed by atoms with Crippen molar-refractivity contribution in [2.24, 2.45) is 5.73 Å². The van der Waals surface area contributed by atoms with Crippen LogP contribution in [0, 0.1) is 0 Å². The maximum atomic E-state index is 12.3. The molecule has 0 saturated carbocycles. The minimum absolute atomic E-state index is 0.0152. The van der Waals surface area contributed by atoms with Gasteiger partial charge < -0.3 is 10.6 Å². The van der Waals surface area contributed by atoms with Gasteiger partial charge in [-0.25, -0.2) is 0 Å². The van der Waals surface area contributed by atoms with Crippen molar-refractivity contribution in [3.63, 3.8) is 0 Å². The average molecular weight is 299 g/mol. The molecule has 0 aliphatic carbocycles. The van der Waals surface area contributed by atoms with E-state index in [1.807, 2.05) is 12.1 Å². The number of aromatic nitrogens is 1. The Bertz CT molecular complexity index is 626. The quantitative estimate of drug-likeness (QED) is 0.858. The highest BCUT2D eigenvalue weighted by atomic mass is 32.1. The van der Waals surface area contributed by atoms with Gasteiger partial charge in [0.05, 0.1) is 0 Å². The van der Waals surface area contributed by atoms with Crippen molar-refractivity contribution in [2.75, 3.05) is 13.6 Å². The molecule has 21 heavy (non-hydrogen) atoms. The molecule has 0 atom stereocenters. The summed E-state index contributed by atoms with van der Waals surface area (Å²) in [5, 5.41) is 0. The molecule has 0 aliphatic rings. The molecule has 2 rings (SSSR count). The first-order valence-electron chi connectivity index (χ1n) is 6.62. The second-order valence-corrected chi connectivity index (χ2v) is 5.21. The Labute approximate surface area is 129 Å². The van der Waals surface area contributed by atoms with Gasteiger partial charge in [0, 0.05) is 37.1 Å². The number of rotatable bonds is 5. The Kier molecular flexibility index (Phi) is 5.00. The van der Waals surface area contributed by atoms with Gasteiger partial charge in [-0.05, 0) is 36.2 Å². The molecule has 1 aromatic heterocycles. The summed E-state index contributed by atoms with van der Waals surface area (Å²) in [6.07, 6.45) is 4.31. The number of nitrogens with zero attached hydrogens (tertiary/aromatic N) is 2. The highest BCUT2D eigenvalue weighted by molar-refractivity contribution is 7.80. The number of carbonyl (C=O) groups is 1. The van der Waals surface area contributed by atoms with Gasteiger partial charge in [-0.1, -0.05) is 24.4 Å². The Balaban J connectivity index is 1.97. The summed E-state index contributed by atoms with van der Waals surface area (Å²) in [6, 6.07) is 10.9. The summed E-state index contributed by atoms with van der Waals surface area (Å²) in [7, 11) is 1.80. The molecule has 0 spiro atoms. The van der Waals surface area contributed by atoms with E-state index in [0.717, 1.165) is 17.5 Å². The normalized spacial score (nSPS) is 10.1. The van der Waals surface area contributed by atoms with E-state index in [0.29, 0.717) is 17.1 Å². The van der Waals surface area contributed by atoms with Crippen LogP contribution < -0.4 is 5.73 Å². The van der Waals surface area contributed by atoms with Crippen LogP contribution in [0.1, 0.15) is 21.5 Å². The summed E-state index contributed by atoms with van der Waals surface area (Å²) in [5.41, 5.74) is 8.10.